The van der Waals surface area contributed by atoms with Gasteiger partial charge in [-0.15, -0.1) is 22.7 Å². The molecule has 0 spiro atoms. The van der Waals surface area contributed by atoms with Gasteiger partial charge in [0.25, 0.3) is 5.91 Å². The zero-order valence-electron chi connectivity index (χ0n) is 11.7. The van der Waals surface area contributed by atoms with Crippen molar-refractivity contribution in [3.63, 3.8) is 0 Å². The molecule has 4 rings (SSSR count). The lowest BCUT2D eigenvalue weighted by atomic mass is 10.4. The lowest BCUT2D eigenvalue weighted by Crippen LogP contribution is -2.23. The first kappa shape index (κ1) is 14.0. The quantitative estimate of drug-likeness (QED) is 0.615. The summed E-state index contributed by atoms with van der Waals surface area (Å²) in [5.74, 6) is -0.213. The fourth-order valence-electron chi connectivity index (χ4n) is 2.01. The van der Waals surface area contributed by atoms with E-state index in [0.717, 1.165) is 21.4 Å². The minimum Gasteiger partial charge on any atom is -0.345 e. The first-order valence-electron chi connectivity index (χ1n) is 6.71. The highest BCUT2D eigenvalue weighted by atomic mass is 32.1. The second-order valence-corrected chi connectivity index (χ2v) is 6.37. The summed E-state index contributed by atoms with van der Waals surface area (Å²) >= 11 is 2.96. The highest BCUT2D eigenvalue weighted by Gasteiger charge is 2.12. The predicted octanol–water partition coefficient (Wildman–Crippen LogP) is 2.24. The Labute approximate surface area is 138 Å². The Morgan fingerprint density at radius 2 is 2.22 bits per heavy atom. The van der Waals surface area contributed by atoms with Crippen molar-refractivity contribution in [3.05, 3.63) is 53.1 Å². The van der Waals surface area contributed by atoms with Crippen LogP contribution in [0.1, 0.15) is 16.2 Å². The van der Waals surface area contributed by atoms with Crippen LogP contribution in [0.3, 0.4) is 0 Å². The largest absolute Gasteiger partial charge is 0.345 e. The van der Waals surface area contributed by atoms with E-state index in [9.17, 15) is 4.79 Å². The van der Waals surface area contributed by atoms with Crippen LogP contribution in [0.5, 0.6) is 0 Å². The van der Waals surface area contributed by atoms with Gasteiger partial charge < -0.3 is 5.32 Å². The second-order valence-electron chi connectivity index (χ2n) is 4.64. The summed E-state index contributed by atoms with van der Waals surface area (Å²) in [4.78, 5) is 29.9. The van der Waals surface area contributed by atoms with Gasteiger partial charge in [-0.1, -0.05) is 0 Å². The molecule has 0 aliphatic rings. The maximum Gasteiger partial charge on any atom is 0.271 e. The van der Waals surface area contributed by atoms with E-state index in [2.05, 4.69) is 25.3 Å². The number of hydrogen-bond donors (Lipinski definition) is 1. The van der Waals surface area contributed by atoms with Crippen LogP contribution < -0.4 is 5.32 Å². The number of carbonyl (C=O) groups is 1. The van der Waals surface area contributed by atoms with Crippen molar-refractivity contribution in [2.45, 2.75) is 6.54 Å². The minimum atomic E-state index is -0.213. The lowest BCUT2D eigenvalue weighted by molar-refractivity contribution is 0.0946. The first-order valence-corrected chi connectivity index (χ1v) is 8.47. The number of nitrogens with zero attached hydrogens (tertiary/aromatic N) is 5. The van der Waals surface area contributed by atoms with Gasteiger partial charge in [0.1, 0.15) is 16.4 Å². The van der Waals surface area contributed by atoms with Crippen LogP contribution in [-0.2, 0) is 6.54 Å². The highest BCUT2D eigenvalue weighted by Crippen LogP contribution is 2.20. The molecule has 0 fully saturated rings. The Hall–Kier alpha value is -2.65. The van der Waals surface area contributed by atoms with Crippen molar-refractivity contribution >= 4 is 33.5 Å². The van der Waals surface area contributed by atoms with E-state index in [1.165, 1.54) is 22.7 Å². The van der Waals surface area contributed by atoms with E-state index in [1.54, 1.807) is 24.8 Å². The van der Waals surface area contributed by atoms with Crippen LogP contribution in [0.25, 0.3) is 15.7 Å². The Morgan fingerprint density at radius 1 is 1.26 bits per heavy atom. The third kappa shape index (κ3) is 2.83. The number of amides is 1. The molecule has 0 radical (unpaired) electrons. The van der Waals surface area contributed by atoms with Crippen LogP contribution in [0.4, 0.5) is 0 Å². The molecule has 0 saturated carbocycles. The molecule has 0 saturated heterocycles. The summed E-state index contributed by atoms with van der Waals surface area (Å²) in [7, 11) is 0. The summed E-state index contributed by atoms with van der Waals surface area (Å²) in [5, 5.41) is 7.43. The number of rotatable bonds is 4. The van der Waals surface area contributed by atoms with Crippen LogP contribution >= 0.6 is 22.7 Å². The molecule has 1 amide bonds. The Balaban J connectivity index is 1.44. The monoisotopic (exact) mass is 342 g/mol. The van der Waals surface area contributed by atoms with Gasteiger partial charge in [0, 0.05) is 35.5 Å². The average molecular weight is 342 g/mol. The SMILES string of the molecule is O=C(NCc1csc(-c2cnccn2)n1)c1cn2ccsc2n1. The number of thiazole rings is 2. The normalized spacial score (nSPS) is 11.0. The molecule has 4 heterocycles. The van der Waals surface area contributed by atoms with E-state index in [4.69, 9.17) is 0 Å². The molecule has 23 heavy (non-hydrogen) atoms. The fourth-order valence-corrected chi connectivity index (χ4v) is 3.49. The summed E-state index contributed by atoms with van der Waals surface area (Å²) < 4.78 is 1.83. The van der Waals surface area contributed by atoms with Gasteiger partial charge in [-0.2, -0.15) is 0 Å². The van der Waals surface area contributed by atoms with Crippen molar-refractivity contribution in [1.29, 1.82) is 0 Å². The van der Waals surface area contributed by atoms with Crippen molar-refractivity contribution < 1.29 is 4.79 Å². The summed E-state index contributed by atoms with van der Waals surface area (Å²) in [6, 6.07) is 0. The molecule has 114 valence electrons. The van der Waals surface area contributed by atoms with Crippen LogP contribution in [0.2, 0.25) is 0 Å². The lowest BCUT2D eigenvalue weighted by Gasteiger charge is -1.99. The molecule has 9 heteroatoms. The zero-order chi connectivity index (χ0) is 15.6. The van der Waals surface area contributed by atoms with Crippen molar-refractivity contribution in [2.24, 2.45) is 0 Å². The number of aromatic nitrogens is 5. The third-order valence-electron chi connectivity index (χ3n) is 3.09. The van der Waals surface area contributed by atoms with E-state index in [0.29, 0.717) is 12.2 Å². The Kier molecular flexibility index (Phi) is 3.56. The molecule has 0 aromatic carbocycles. The number of imidazole rings is 1. The maximum atomic E-state index is 12.1. The number of nitrogens with one attached hydrogen (secondary N) is 1. The Bertz CT molecular complexity index is 929. The van der Waals surface area contributed by atoms with Gasteiger partial charge in [-0.25, -0.2) is 9.97 Å². The van der Waals surface area contributed by atoms with Crippen molar-refractivity contribution in [2.75, 3.05) is 0 Å². The molecule has 4 aromatic rings. The topological polar surface area (TPSA) is 85.1 Å². The van der Waals surface area contributed by atoms with Crippen molar-refractivity contribution in [1.82, 2.24) is 29.7 Å². The molecule has 0 unspecified atom stereocenters. The molecule has 0 aliphatic heterocycles. The number of fused-ring (bicyclic) bond motifs is 1. The first-order chi connectivity index (χ1) is 11.3. The van der Waals surface area contributed by atoms with E-state index in [1.807, 2.05) is 21.4 Å². The molecular formula is C14H10N6OS2. The van der Waals surface area contributed by atoms with Gasteiger partial charge in [-0.3, -0.25) is 19.2 Å². The minimum absolute atomic E-state index is 0.213. The summed E-state index contributed by atoms with van der Waals surface area (Å²) in [6.45, 7) is 0.348. The maximum absolute atomic E-state index is 12.1. The molecule has 0 atom stereocenters. The van der Waals surface area contributed by atoms with E-state index in [-0.39, 0.29) is 5.91 Å². The second kappa shape index (κ2) is 5.86. The summed E-state index contributed by atoms with van der Waals surface area (Å²) in [6.07, 6.45) is 8.50. The Morgan fingerprint density at radius 3 is 3.04 bits per heavy atom. The fraction of sp³-hybridized carbons (Fsp3) is 0.0714. The molecule has 4 aromatic heterocycles. The third-order valence-corrected chi connectivity index (χ3v) is 4.77. The van der Waals surface area contributed by atoms with E-state index < -0.39 is 0 Å². The molecule has 0 aliphatic carbocycles. The molecule has 1 N–H and O–H groups in total. The smallest absolute Gasteiger partial charge is 0.271 e. The van der Waals surface area contributed by atoms with Crippen LogP contribution in [-0.4, -0.2) is 30.2 Å². The zero-order valence-corrected chi connectivity index (χ0v) is 13.3. The van der Waals surface area contributed by atoms with Crippen LogP contribution in [0, 0.1) is 0 Å². The van der Waals surface area contributed by atoms with Gasteiger partial charge in [0.05, 0.1) is 18.4 Å². The van der Waals surface area contributed by atoms with Gasteiger partial charge in [-0.05, 0) is 0 Å². The standard InChI is InChI=1S/C14H10N6OS2/c21-12(11-7-20-3-4-22-14(20)19-11)17-5-9-8-23-13(18-9)10-6-15-1-2-16-10/h1-4,6-8H,5H2,(H,17,21). The van der Waals surface area contributed by atoms with Gasteiger partial charge in [0.15, 0.2) is 4.96 Å². The molecular weight excluding hydrogens is 332 g/mol. The highest BCUT2D eigenvalue weighted by molar-refractivity contribution is 7.15. The van der Waals surface area contributed by atoms with Gasteiger partial charge >= 0.3 is 0 Å². The van der Waals surface area contributed by atoms with Crippen LogP contribution in [0.15, 0.2) is 41.7 Å². The number of carbonyl (C=O) groups excluding carboxylic acids is 1. The molecule has 7 nitrogen and oxygen atoms in total. The molecule has 0 bridgehead atoms. The number of hydrogen-bond acceptors (Lipinski definition) is 7. The predicted molar refractivity (Wildman–Crippen MR) is 87.4 cm³/mol. The summed E-state index contributed by atoms with van der Waals surface area (Å²) in [5.41, 5.74) is 1.91. The average Bonchev–Trinajstić information content (AvgIpc) is 3.29. The van der Waals surface area contributed by atoms with Crippen molar-refractivity contribution in [3.8, 4) is 10.7 Å². The van der Waals surface area contributed by atoms with E-state index >= 15 is 0 Å². The van der Waals surface area contributed by atoms with Gasteiger partial charge in [0.2, 0.25) is 0 Å².